The van der Waals surface area contributed by atoms with Gasteiger partial charge >= 0.3 is 16.4 Å². The molecule has 68 heavy (non-hydrogen) atoms. The lowest BCUT2D eigenvalue weighted by Gasteiger charge is -2.68. The fourth-order valence-electron chi connectivity index (χ4n) is 14.1. The zero-order chi connectivity index (χ0) is 49.8. The molecular weight excluding hydrogens is 907 g/mol. The lowest BCUT2D eigenvalue weighted by Crippen LogP contribution is -2.85. The van der Waals surface area contributed by atoms with Crippen molar-refractivity contribution in [3.63, 3.8) is 0 Å². The summed E-state index contributed by atoms with van der Waals surface area (Å²) in [7, 11) is -1.66. The monoisotopic (exact) mass is 971 g/mol. The van der Waals surface area contributed by atoms with Crippen LogP contribution in [0.15, 0.2) is 69.4 Å². The standard InChI is InChI=1S/C32H49NO9.C17H14O4.H2O4S/c1-6-18(3)25(35)41-24-11-12-26(4)19-8-9-20-28(37)13-23(34)31(39)21(29(28,38)16-30(20,26)42-32(19,24)40)15-33-14-17(2)7-10-22(33)27(31,5)36;1-19-13-10-6-9-12-14(18)17(20-2)15(21-16(12)13)11-7-4-3-5-8-11;1-5(2,3)4/h6,17,19-24,34,36-40H,7-16H2,1-5H3;3-10H,1-2H3;(H2,1,2,3,4). The Balaban J connectivity index is 0.000000200. The number of nitrogens with zero attached hydrogens (tertiary/aromatic N) is 1. The maximum absolute atomic E-state index is 12.9. The Morgan fingerprint density at radius 2 is 1.53 bits per heavy atom. The van der Waals surface area contributed by atoms with E-state index in [1.807, 2.05) is 37.3 Å². The molecule has 18 nitrogen and oxygen atoms in total. The molecule has 0 radical (unpaired) electrons. The number of aliphatic hydroxyl groups excluding tert-OH is 1. The number of piperidine rings is 2. The van der Waals surface area contributed by atoms with Gasteiger partial charge in [0.05, 0.1) is 31.3 Å². The van der Waals surface area contributed by atoms with Crippen LogP contribution in [0.4, 0.5) is 0 Å². The highest BCUT2D eigenvalue weighted by atomic mass is 32.3. The van der Waals surface area contributed by atoms with E-state index in [-0.39, 0.29) is 36.6 Å². The van der Waals surface area contributed by atoms with Gasteiger partial charge in [-0.05, 0) is 77.3 Å². The Labute approximate surface area is 395 Å². The minimum Gasteiger partial charge on any atom is -0.493 e. The van der Waals surface area contributed by atoms with Crippen molar-refractivity contribution < 1.29 is 76.3 Å². The average molecular weight is 972 g/mol. The summed E-state index contributed by atoms with van der Waals surface area (Å²) >= 11 is 0. The lowest BCUT2D eigenvalue weighted by atomic mass is 9.49. The molecule has 3 aliphatic heterocycles. The molecule has 10 rings (SSSR count). The first-order valence-corrected chi connectivity index (χ1v) is 24.6. The molecule has 14 unspecified atom stereocenters. The highest BCUT2D eigenvalue weighted by Gasteiger charge is 2.88. The van der Waals surface area contributed by atoms with Crippen molar-refractivity contribution in [3.05, 3.63) is 70.4 Å². The summed E-state index contributed by atoms with van der Waals surface area (Å²) in [5.74, 6) is -2.93. The quantitative estimate of drug-likeness (QED) is 0.102. The maximum atomic E-state index is 12.9. The number of esters is 1. The third-order valence-electron chi connectivity index (χ3n) is 17.4. The van der Waals surface area contributed by atoms with E-state index in [9.17, 15) is 40.2 Å². The summed E-state index contributed by atoms with van der Waals surface area (Å²) in [6.45, 7) is 10.1. The molecule has 0 amide bonds. The SMILES string of the molecule is CC=C(C)C(=O)OC1CCC2(C)C3CCC4C5(O)CC(O)C6(O)C(CN7CC(C)CCC7C6(C)O)C5(O)CC42OC13O.COc1c(-c2ccccc2)oc2c(OC)cccc2c1=O.O=S(=O)(O)O. The van der Waals surface area contributed by atoms with E-state index in [1.165, 1.54) is 7.11 Å². The maximum Gasteiger partial charge on any atom is 0.394 e. The van der Waals surface area contributed by atoms with Gasteiger partial charge in [-0.3, -0.25) is 18.8 Å². The summed E-state index contributed by atoms with van der Waals surface area (Å²) < 4.78 is 60.7. The van der Waals surface area contributed by atoms with Crippen LogP contribution in [0.2, 0.25) is 0 Å². The van der Waals surface area contributed by atoms with Crippen LogP contribution in [0.25, 0.3) is 22.3 Å². The van der Waals surface area contributed by atoms with Crippen molar-refractivity contribution in [1.82, 2.24) is 4.90 Å². The van der Waals surface area contributed by atoms with Crippen molar-refractivity contribution >= 4 is 27.3 Å². The second-order valence-corrected chi connectivity index (χ2v) is 21.5. The van der Waals surface area contributed by atoms with E-state index < -0.39 is 85.5 Å². The number of ether oxygens (including phenoxy) is 4. The zero-order valence-electron chi connectivity index (χ0n) is 39.4. The Morgan fingerprint density at radius 3 is 2.16 bits per heavy atom. The molecule has 4 saturated carbocycles. The van der Waals surface area contributed by atoms with Gasteiger partial charge in [0.15, 0.2) is 23.2 Å². The second-order valence-electron chi connectivity index (χ2n) is 20.6. The van der Waals surface area contributed by atoms with Gasteiger partial charge in [-0.25, -0.2) is 4.79 Å². The number of fused-ring (bicyclic) bond motifs is 6. The molecule has 4 bridgehead atoms. The number of hydrogen-bond acceptors (Lipinski definition) is 16. The fourth-order valence-corrected chi connectivity index (χ4v) is 14.1. The Bertz CT molecular complexity index is 2630. The van der Waals surface area contributed by atoms with Crippen molar-refractivity contribution in [2.75, 3.05) is 27.3 Å². The Kier molecular flexibility index (Phi) is 12.7. The van der Waals surface area contributed by atoms with Crippen molar-refractivity contribution in [1.29, 1.82) is 0 Å². The van der Waals surface area contributed by atoms with E-state index >= 15 is 0 Å². The number of aliphatic hydroxyl groups is 6. The molecule has 374 valence electrons. The Morgan fingerprint density at radius 1 is 0.868 bits per heavy atom. The van der Waals surface area contributed by atoms with Gasteiger partial charge in [0, 0.05) is 66.3 Å². The largest absolute Gasteiger partial charge is 0.493 e. The molecule has 3 aromatic rings. The van der Waals surface area contributed by atoms with Crippen LogP contribution >= 0.6 is 0 Å². The average Bonchev–Trinajstić information content (AvgIpc) is 3.45. The summed E-state index contributed by atoms with van der Waals surface area (Å²) in [4.78, 5) is 27.5. The molecule has 4 heterocycles. The minimum absolute atomic E-state index is 0.0606. The number of carbonyl (C=O) groups excluding carboxylic acids is 1. The summed E-state index contributed by atoms with van der Waals surface area (Å²) in [5, 5.41) is 74.4. The molecular formula is C49H65NO17S. The summed E-state index contributed by atoms with van der Waals surface area (Å²) in [6.07, 6.45) is 2.30. The number of allylic oxidation sites excluding steroid dienone is 1. The summed E-state index contributed by atoms with van der Waals surface area (Å²) in [5.41, 5.74) is -7.97. The topological polar surface area (TPSA) is 283 Å². The molecule has 1 aromatic heterocycles. The lowest BCUT2D eigenvalue weighted by molar-refractivity contribution is -0.354. The van der Waals surface area contributed by atoms with Crippen molar-refractivity contribution in [2.45, 2.75) is 138 Å². The van der Waals surface area contributed by atoms with Gasteiger partial charge in [-0.1, -0.05) is 56.3 Å². The third-order valence-corrected chi connectivity index (χ3v) is 17.4. The molecule has 7 fully saturated rings. The van der Waals surface area contributed by atoms with Crippen LogP contribution in [-0.2, 0) is 24.7 Å². The summed E-state index contributed by atoms with van der Waals surface area (Å²) in [6, 6.07) is 14.2. The molecule has 8 N–H and O–H groups in total. The number of para-hydroxylation sites is 1. The molecule has 7 aliphatic rings. The van der Waals surface area contributed by atoms with E-state index in [0.717, 1.165) is 12.0 Å². The van der Waals surface area contributed by atoms with Gasteiger partial charge in [-0.15, -0.1) is 0 Å². The van der Waals surface area contributed by atoms with Gasteiger partial charge in [0.1, 0.15) is 22.4 Å². The van der Waals surface area contributed by atoms with Crippen molar-refractivity contribution in [3.8, 4) is 22.8 Å². The number of benzene rings is 2. The van der Waals surface area contributed by atoms with Gasteiger partial charge < -0.3 is 54.0 Å². The first kappa shape index (κ1) is 50.4. The third kappa shape index (κ3) is 7.28. The first-order valence-electron chi connectivity index (χ1n) is 23.2. The van der Waals surface area contributed by atoms with Gasteiger partial charge in [-0.2, -0.15) is 8.42 Å². The first-order chi connectivity index (χ1) is 31.7. The van der Waals surface area contributed by atoms with Crippen LogP contribution in [-0.4, -0.2) is 138 Å². The molecule has 1 spiro atoms. The fraction of sp³-hybridized carbons (Fsp3) is 0.633. The van der Waals surface area contributed by atoms with E-state index in [1.54, 1.807) is 52.2 Å². The van der Waals surface area contributed by atoms with E-state index in [4.69, 9.17) is 40.9 Å². The zero-order valence-corrected chi connectivity index (χ0v) is 40.2. The number of hydrogen-bond donors (Lipinski definition) is 8. The predicted molar refractivity (Wildman–Crippen MR) is 245 cm³/mol. The van der Waals surface area contributed by atoms with Crippen LogP contribution < -0.4 is 14.9 Å². The highest BCUT2D eigenvalue weighted by molar-refractivity contribution is 7.79. The normalized spacial score (nSPS) is 41.3. The van der Waals surface area contributed by atoms with E-state index in [0.29, 0.717) is 72.6 Å². The van der Waals surface area contributed by atoms with Gasteiger partial charge in [0.25, 0.3) is 0 Å². The molecule has 3 saturated heterocycles. The second kappa shape index (κ2) is 17.1. The Hall–Kier alpha value is -3.99. The number of carbonyl (C=O) groups is 1. The molecule has 4 aliphatic carbocycles. The van der Waals surface area contributed by atoms with Crippen LogP contribution in [0.5, 0.6) is 11.5 Å². The van der Waals surface area contributed by atoms with Gasteiger partial charge in [0.2, 0.25) is 17.0 Å². The molecule has 19 heteroatoms. The van der Waals surface area contributed by atoms with Crippen LogP contribution in [0.1, 0.15) is 86.0 Å². The smallest absolute Gasteiger partial charge is 0.394 e. The molecule has 14 atom stereocenters. The number of rotatable bonds is 5. The molecule has 2 aromatic carbocycles. The van der Waals surface area contributed by atoms with Crippen LogP contribution in [0.3, 0.4) is 0 Å². The van der Waals surface area contributed by atoms with Crippen molar-refractivity contribution in [2.24, 2.45) is 29.1 Å². The number of methoxy groups -OCH3 is 2. The highest BCUT2D eigenvalue weighted by Crippen LogP contribution is 2.78. The minimum atomic E-state index is -4.67. The van der Waals surface area contributed by atoms with Crippen LogP contribution in [0, 0.1) is 29.1 Å². The van der Waals surface area contributed by atoms with E-state index in [2.05, 4.69) is 11.8 Å². The predicted octanol–water partition coefficient (Wildman–Crippen LogP) is 3.82.